The van der Waals surface area contributed by atoms with Crippen molar-refractivity contribution in [3.63, 3.8) is 0 Å². The van der Waals surface area contributed by atoms with E-state index < -0.39 is 11.8 Å². The van der Waals surface area contributed by atoms with Crippen LogP contribution in [0.5, 0.6) is 0 Å². The summed E-state index contributed by atoms with van der Waals surface area (Å²) in [7, 11) is 0. The van der Waals surface area contributed by atoms with Crippen molar-refractivity contribution in [3.05, 3.63) is 123 Å². The molecule has 0 atom stereocenters. The Kier molecular flexibility index (Phi) is 8.26. The van der Waals surface area contributed by atoms with Gasteiger partial charge in [0, 0.05) is 28.8 Å². The molecule has 2 amide bonds. The molecule has 36 heavy (non-hydrogen) atoms. The molecule has 1 aromatic heterocycles. The number of nitrogens with one attached hydrogen (secondary N) is 2. The summed E-state index contributed by atoms with van der Waals surface area (Å²) in [6.07, 6.45) is 2.15. The summed E-state index contributed by atoms with van der Waals surface area (Å²) < 4.78 is 5.91. The van der Waals surface area contributed by atoms with Gasteiger partial charge in [0.25, 0.3) is 11.8 Å². The summed E-state index contributed by atoms with van der Waals surface area (Å²) in [4.78, 5) is 25.9. The second-order valence-electron chi connectivity index (χ2n) is 8.20. The van der Waals surface area contributed by atoms with Crippen LogP contribution in [0, 0.1) is 6.92 Å². The number of benzene rings is 3. The fourth-order valence-corrected chi connectivity index (χ4v) is 3.90. The molecule has 2 N–H and O–H groups in total. The number of amides is 2. The molecule has 7 heteroatoms. The monoisotopic (exact) mass is 518 g/mol. The van der Waals surface area contributed by atoms with E-state index in [4.69, 9.17) is 27.6 Å². The molecule has 4 rings (SSSR count). The van der Waals surface area contributed by atoms with Gasteiger partial charge in [0.2, 0.25) is 0 Å². The lowest BCUT2D eigenvalue weighted by Gasteiger charge is -2.11. The molecule has 1 heterocycles. The molecule has 0 radical (unpaired) electrons. The molecule has 0 aliphatic heterocycles. The Balaban J connectivity index is 1.56. The topological polar surface area (TPSA) is 71.3 Å². The van der Waals surface area contributed by atoms with Gasteiger partial charge in [-0.25, -0.2) is 0 Å². The maximum Gasteiger partial charge on any atom is 0.267 e. The smallest absolute Gasteiger partial charge is 0.267 e. The van der Waals surface area contributed by atoms with Gasteiger partial charge < -0.3 is 15.1 Å². The lowest BCUT2D eigenvalue weighted by molar-refractivity contribution is -0.117. The molecule has 4 aromatic rings. The minimum atomic E-state index is -0.426. The summed E-state index contributed by atoms with van der Waals surface area (Å²) in [5.74, 6) is 0.0372. The normalized spacial score (nSPS) is 11.2. The Morgan fingerprint density at radius 1 is 0.917 bits per heavy atom. The van der Waals surface area contributed by atoms with Crippen molar-refractivity contribution in [1.82, 2.24) is 10.6 Å². The van der Waals surface area contributed by atoms with Crippen LogP contribution in [-0.4, -0.2) is 18.4 Å². The molecule has 5 nitrogen and oxygen atoms in total. The van der Waals surface area contributed by atoms with E-state index in [1.165, 1.54) is 6.08 Å². The molecule has 182 valence electrons. The standard InChI is InChI=1S/C29H24Cl2N2O3/c1-19-7-9-21(10-8-19)28(34)33-26(29(35)32-16-15-20-5-3-2-4-6-20)18-23-12-14-27(36-23)24-17-22(30)11-13-25(24)31/h2-14,17-18H,15-16H2,1H3,(H,32,35)(H,33,34)/b26-18+. The van der Waals surface area contributed by atoms with E-state index in [0.29, 0.717) is 45.7 Å². The zero-order chi connectivity index (χ0) is 25.5. The van der Waals surface area contributed by atoms with Crippen molar-refractivity contribution in [1.29, 1.82) is 0 Å². The second kappa shape index (κ2) is 11.8. The third kappa shape index (κ3) is 6.66. The number of halogens is 2. The summed E-state index contributed by atoms with van der Waals surface area (Å²) in [6, 6.07) is 25.4. The fraction of sp³-hybridized carbons (Fsp3) is 0.103. The number of carbonyl (C=O) groups excluding carboxylic acids is 2. The zero-order valence-electron chi connectivity index (χ0n) is 19.6. The Labute approximate surface area is 219 Å². The quantitative estimate of drug-likeness (QED) is 0.255. The second-order valence-corrected chi connectivity index (χ2v) is 9.04. The third-order valence-electron chi connectivity index (χ3n) is 5.46. The third-order valence-corrected chi connectivity index (χ3v) is 6.02. The first-order valence-corrected chi connectivity index (χ1v) is 12.1. The van der Waals surface area contributed by atoms with Crippen molar-refractivity contribution in [3.8, 4) is 11.3 Å². The molecule has 0 unspecified atom stereocenters. The highest BCUT2D eigenvalue weighted by Crippen LogP contribution is 2.32. The molecule has 0 saturated heterocycles. The van der Waals surface area contributed by atoms with E-state index in [1.54, 1.807) is 42.5 Å². The van der Waals surface area contributed by atoms with Gasteiger partial charge in [0.15, 0.2) is 0 Å². The molecule has 0 aliphatic carbocycles. The molecular formula is C29H24Cl2N2O3. The van der Waals surface area contributed by atoms with E-state index in [2.05, 4.69) is 10.6 Å². The van der Waals surface area contributed by atoms with Crippen LogP contribution in [0.25, 0.3) is 17.4 Å². The van der Waals surface area contributed by atoms with Crippen molar-refractivity contribution < 1.29 is 14.0 Å². The van der Waals surface area contributed by atoms with Gasteiger partial charge in [-0.1, -0.05) is 71.2 Å². The van der Waals surface area contributed by atoms with Gasteiger partial charge in [-0.3, -0.25) is 9.59 Å². The van der Waals surface area contributed by atoms with Crippen LogP contribution in [0.15, 0.2) is 95.0 Å². The number of carbonyl (C=O) groups is 2. The Bertz CT molecular complexity index is 1390. The zero-order valence-corrected chi connectivity index (χ0v) is 21.1. The van der Waals surface area contributed by atoms with E-state index in [1.807, 2.05) is 49.4 Å². The number of aryl methyl sites for hydroxylation is 1. The van der Waals surface area contributed by atoms with Crippen molar-refractivity contribution in [2.24, 2.45) is 0 Å². The molecule has 0 fully saturated rings. The van der Waals surface area contributed by atoms with Crippen LogP contribution in [0.4, 0.5) is 0 Å². The van der Waals surface area contributed by atoms with Gasteiger partial charge in [-0.15, -0.1) is 0 Å². The van der Waals surface area contributed by atoms with Crippen LogP contribution in [0.1, 0.15) is 27.2 Å². The van der Waals surface area contributed by atoms with Crippen LogP contribution in [-0.2, 0) is 11.2 Å². The highest BCUT2D eigenvalue weighted by Gasteiger charge is 2.16. The SMILES string of the molecule is Cc1ccc(C(=O)N/C(=C/c2ccc(-c3cc(Cl)ccc3Cl)o2)C(=O)NCCc2ccccc2)cc1. The first-order chi connectivity index (χ1) is 17.4. The molecule has 0 bridgehead atoms. The maximum absolute atomic E-state index is 13.1. The van der Waals surface area contributed by atoms with E-state index in [-0.39, 0.29) is 5.70 Å². The molecule has 3 aromatic carbocycles. The molecule has 0 spiro atoms. The van der Waals surface area contributed by atoms with Gasteiger partial charge >= 0.3 is 0 Å². The first kappa shape index (κ1) is 25.3. The predicted octanol–water partition coefficient (Wildman–Crippen LogP) is 6.69. The first-order valence-electron chi connectivity index (χ1n) is 11.4. The molecule has 0 aliphatic rings. The number of hydrogen-bond acceptors (Lipinski definition) is 3. The van der Waals surface area contributed by atoms with Crippen LogP contribution in [0.2, 0.25) is 10.0 Å². The predicted molar refractivity (Wildman–Crippen MR) is 144 cm³/mol. The summed E-state index contributed by atoms with van der Waals surface area (Å²) in [5, 5.41) is 6.59. The number of rotatable bonds is 8. The highest BCUT2D eigenvalue weighted by atomic mass is 35.5. The van der Waals surface area contributed by atoms with Crippen LogP contribution >= 0.6 is 23.2 Å². The average Bonchev–Trinajstić information content (AvgIpc) is 3.34. The average molecular weight is 519 g/mol. The van der Waals surface area contributed by atoms with E-state index in [0.717, 1.165) is 11.1 Å². The minimum absolute atomic E-state index is 0.0618. The lowest BCUT2D eigenvalue weighted by atomic mass is 10.1. The van der Waals surface area contributed by atoms with E-state index in [9.17, 15) is 9.59 Å². The summed E-state index contributed by atoms with van der Waals surface area (Å²) >= 11 is 12.4. The van der Waals surface area contributed by atoms with Gasteiger partial charge in [0.05, 0.1) is 5.02 Å². The summed E-state index contributed by atoms with van der Waals surface area (Å²) in [6.45, 7) is 2.34. The molecular weight excluding hydrogens is 495 g/mol. The van der Waals surface area contributed by atoms with Crippen molar-refractivity contribution in [2.75, 3.05) is 6.54 Å². The van der Waals surface area contributed by atoms with Gasteiger partial charge in [-0.05, 0) is 61.4 Å². The summed E-state index contributed by atoms with van der Waals surface area (Å²) in [5.41, 5.74) is 3.26. The van der Waals surface area contributed by atoms with Gasteiger partial charge in [0.1, 0.15) is 17.2 Å². The Hall–Kier alpha value is -3.80. The molecule has 0 saturated carbocycles. The largest absolute Gasteiger partial charge is 0.457 e. The minimum Gasteiger partial charge on any atom is -0.457 e. The lowest BCUT2D eigenvalue weighted by Crippen LogP contribution is -2.35. The van der Waals surface area contributed by atoms with Crippen LogP contribution < -0.4 is 10.6 Å². The van der Waals surface area contributed by atoms with Crippen LogP contribution in [0.3, 0.4) is 0 Å². The number of furan rings is 1. The highest BCUT2D eigenvalue weighted by molar-refractivity contribution is 6.35. The Morgan fingerprint density at radius 2 is 1.67 bits per heavy atom. The number of hydrogen-bond donors (Lipinski definition) is 2. The van der Waals surface area contributed by atoms with Crippen molar-refractivity contribution in [2.45, 2.75) is 13.3 Å². The van der Waals surface area contributed by atoms with E-state index >= 15 is 0 Å². The fourth-order valence-electron chi connectivity index (χ4n) is 3.52. The van der Waals surface area contributed by atoms with Gasteiger partial charge in [-0.2, -0.15) is 0 Å². The van der Waals surface area contributed by atoms with Crippen molar-refractivity contribution >= 4 is 41.1 Å². The maximum atomic E-state index is 13.1. The Morgan fingerprint density at radius 3 is 2.42 bits per heavy atom.